The minimum Gasteiger partial charge on any atom is -0.282 e. The molecule has 0 aliphatic heterocycles. The fraction of sp³-hybridized carbons (Fsp3) is 0. The van der Waals surface area contributed by atoms with Gasteiger partial charge in [-0.2, -0.15) is 0 Å². The van der Waals surface area contributed by atoms with Crippen LogP contribution in [0.2, 0.25) is 0 Å². The summed E-state index contributed by atoms with van der Waals surface area (Å²) >= 11 is 0. The quantitative estimate of drug-likeness (QED) is 0.195. The van der Waals surface area contributed by atoms with Crippen molar-refractivity contribution in [2.24, 2.45) is 28.0 Å². The number of hydrazine groups is 2. The number of rotatable bonds is 5. The molecular weight excluding hydrogens is 386 g/mol. The molecule has 0 fully saturated rings. The standard InChI is InChI=1S/C20H19N7O3/c21-26(16-11-8-14(9-12-16)10-13-19(28)24-25-30-23)20(29)27(22)18-7-3-5-15-4-1-2-6-17(15)18/h1-13H,21-23H2/b13-10+,25-24?. The summed E-state index contributed by atoms with van der Waals surface area (Å²) in [4.78, 5) is 28.0. The van der Waals surface area contributed by atoms with E-state index >= 15 is 0 Å². The highest BCUT2D eigenvalue weighted by atomic mass is 16.8. The van der Waals surface area contributed by atoms with Gasteiger partial charge in [-0.1, -0.05) is 53.6 Å². The number of amides is 3. The molecule has 0 saturated carbocycles. The summed E-state index contributed by atoms with van der Waals surface area (Å²) in [6.07, 6.45) is 2.70. The Morgan fingerprint density at radius 1 is 0.900 bits per heavy atom. The van der Waals surface area contributed by atoms with E-state index in [1.54, 1.807) is 30.3 Å². The summed E-state index contributed by atoms with van der Waals surface area (Å²) in [6.45, 7) is 0. The highest BCUT2D eigenvalue weighted by molar-refractivity contribution is 6.07. The number of urea groups is 1. The molecule has 0 aliphatic rings. The van der Waals surface area contributed by atoms with Crippen LogP contribution in [0.3, 0.4) is 0 Å². The van der Waals surface area contributed by atoms with E-state index in [1.165, 1.54) is 12.2 Å². The number of nitrogens with two attached hydrogens (primary N) is 3. The van der Waals surface area contributed by atoms with Crippen LogP contribution in [-0.4, -0.2) is 11.9 Å². The topological polar surface area (TPSA) is 153 Å². The predicted octanol–water partition coefficient (Wildman–Crippen LogP) is 2.82. The zero-order valence-electron chi connectivity index (χ0n) is 15.8. The molecule has 0 aromatic heterocycles. The van der Waals surface area contributed by atoms with Crippen molar-refractivity contribution in [2.45, 2.75) is 0 Å². The Bertz CT molecular complexity index is 1110. The number of anilines is 2. The van der Waals surface area contributed by atoms with Crippen LogP contribution in [0.25, 0.3) is 16.8 Å². The number of carbonyl (C=O) groups is 2. The molecule has 3 amide bonds. The molecule has 152 valence electrons. The SMILES string of the molecule is NON=NC(=O)/C=C/c1ccc(N(N)C(=O)N(N)c2cccc3ccccc23)cc1. The molecule has 0 unspecified atom stereocenters. The van der Waals surface area contributed by atoms with Gasteiger partial charge in [-0.05, 0) is 35.2 Å². The summed E-state index contributed by atoms with van der Waals surface area (Å²) in [5.41, 5.74) is 1.62. The third-order valence-electron chi connectivity index (χ3n) is 4.21. The molecule has 0 spiro atoms. The Balaban J connectivity index is 1.75. The molecule has 3 rings (SSSR count). The van der Waals surface area contributed by atoms with Crippen LogP contribution >= 0.6 is 0 Å². The van der Waals surface area contributed by atoms with Crippen LogP contribution in [0.4, 0.5) is 16.2 Å². The van der Waals surface area contributed by atoms with Gasteiger partial charge in [-0.15, -0.1) is 5.90 Å². The van der Waals surface area contributed by atoms with Crippen LogP contribution in [0, 0.1) is 0 Å². The fourth-order valence-corrected chi connectivity index (χ4v) is 2.76. The summed E-state index contributed by atoms with van der Waals surface area (Å²) in [6, 6.07) is 19.0. The second-order valence-corrected chi connectivity index (χ2v) is 6.07. The van der Waals surface area contributed by atoms with Gasteiger partial charge < -0.3 is 0 Å². The summed E-state index contributed by atoms with van der Waals surface area (Å²) in [5.74, 6) is 16.1. The largest absolute Gasteiger partial charge is 0.357 e. The molecule has 3 aromatic rings. The average Bonchev–Trinajstić information content (AvgIpc) is 2.80. The maximum atomic E-state index is 12.8. The van der Waals surface area contributed by atoms with Crippen LogP contribution in [-0.2, 0) is 9.73 Å². The van der Waals surface area contributed by atoms with Gasteiger partial charge in [-0.25, -0.2) is 26.5 Å². The monoisotopic (exact) mass is 405 g/mol. The van der Waals surface area contributed by atoms with Crippen molar-refractivity contribution in [2.75, 3.05) is 10.0 Å². The lowest BCUT2D eigenvalue weighted by Crippen LogP contribution is -2.51. The van der Waals surface area contributed by atoms with Gasteiger partial charge in [0.1, 0.15) is 0 Å². The first kappa shape index (κ1) is 20.6. The van der Waals surface area contributed by atoms with E-state index in [4.69, 9.17) is 11.7 Å². The van der Waals surface area contributed by atoms with Crippen LogP contribution < -0.4 is 27.6 Å². The molecule has 0 aliphatic carbocycles. The van der Waals surface area contributed by atoms with E-state index < -0.39 is 11.9 Å². The van der Waals surface area contributed by atoms with Crippen molar-refractivity contribution in [3.05, 3.63) is 78.4 Å². The second-order valence-electron chi connectivity index (χ2n) is 6.07. The third kappa shape index (κ3) is 4.64. The smallest absolute Gasteiger partial charge is 0.282 e. The lowest BCUT2D eigenvalue weighted by Gasteiger charge is -2.25. The number of nitrogens with zero attached hydrogens (tertiary/aromatic N) is 4. The van der Waals surface area contributed by atoms with Gasteiger partial charge in [0.05, 0.1) is 16.7 Å². The van der Waals surface area contributed by atoms with Gasteiger partial charge in [0.25, 0.3) is 5.91 Å². The van der Waals surface area contributed by atoms with Gasteiger partial charge in [-0.3, -0.25) is 9.73 Å². The molecule has 0 bridgehead atoms. The zero-order chi connectivity index (χ0) is 21.5. The number of hydrogen-bond donors (Lipinski definition) is 3. The Kier molecular flexibility index (Phi) is 6.45. The summed E-state index contributed by atoms with van der Waals surface area (Å²) in [5, 5.41) is 9.79. The summed E-state index contributed by atoms with van der Waals surface area (Å²) < 4.78 is 0. The Hall–Kier alpha value is -4.12. The van der Waals surface area contributed by atoms with Gasteiger partial charge in [0, 0.05) is 11.5 Å². The van der Waals surface area contributed by atoms with E-state index in [9.17, 15) is 9.59 Å². The van der Waals surface area contributed by atoms with Gasteiger partial charge in [0.2, 0.25) is 0 Å². The fourth-order valence-electron chi connectivity index (χ4n) is 2.76. The summed E-state index contributed by atoms with van der Waals surface area (Å²) in [7, 11) is 0. The lowest BCUT2D eigenvalue weighted by molar-refractivity contribution is -0.114. The van der Waals surface area contributed by atoms with Crippen molar-refractivity contribution in [3.8, 4) is 0 Å². The number of benzene rings is 3. The van der Waals surface area contributed by atoms with Gasteiger partial charge in [0.15, 0.2) is 0 Å². The second kappa shape index (κ2) is 9.39. The molecule has 0 heterocycles. The molecule has 0 saturated heterocycles. The highest BCUT2D eigenvalue weighted by Gasteiger charge is 2.20. The number of fused-ring (bicyclic) bond motifs is 1. The van der Waals surface area contributed by atoms with Gasteiger partial charge >= 0.3 is 6.03 Å². The molecule has 3 aromatic carbocycles. The normalized spacial score (nSPS) is 11.2. The van der Waals surface area contributed by atoms with E-state index in [1.807, 2.05) is 36.4 Å². The van der Waals surface area contributed by atoms with Crippen molar-refractivity contribution >= 4 is 40.2 Å². The van der Waals surface area contributed by atoms with Crippen LogP contribution in [0.5, 0.6) is 0 Å². The van der Waals surface area contributed by atoms with Crippen molar-refractivity contribution in [1.82, 2.24) is 0 Å². The Morgan fingerprint density at radius 2 is 1.60 bits per heavy atom. The minimum absolute atomic E-state index is 0.412. The average molecular weight is 405 g/mol. The van der Waals surface area contributed by atoms with Crippen molar-refractivity contribution < 1.29 is 14.5 Å². The number of hydrogen-bond acceptors (Lipinski definition) is 7. The van der Waals surface area contributed by atoms with E-state index in [0.717, 1.165) is 20.8 Å². The molecular formula is C20H19N7O3. The maximum Gasteiger partial charge on any atom is 0.357 e. The van der Waals surface area contributed by atoms with E-state index in [2.05, 4.69) is 21.2 Å². The predicted molar refractivity (Wildman–Crippen MR) is 113 cm³/mol. The third-order valence-corrected chi connectivity index (χ3v) is 4.21. The Labute approximate surface area is 171 Å². The molecule has 0 radical (unpaired) electrons. The van der Waals surface area contributed by atoms with Crippen LogP contribution in [0.1, 0.15) is 5.56 Å². The van der Waals surface area contributed by atoms with Crippen molar-refractivity contribution in [1.29, 1.82) is 0 Å². The zero-order valence-corrected chi connectivity index (χ0v) is 15.8. The molecule has 0 atom stereocenters. The van der Waals surface area contributed by atoms with Crippen molar-refractivity contribution in [3.63, 3.8) is 0 Å². The molecule has 6 N–H and O–H groups in total. The molecule has 30 heavy (non-hydrogen) atoms. The maximum absolute atomic E-state index is 12.8. The number of carbonyl (C=O) groups excluding carboxylic acids is 2. The van der Waals surface area contributed by atoms with Crippen LogP contribution in [0.15, 0.2) is 83.2 Å². The highest BCUT2D eigenvalue weighted by Crippen LogP contribution is 2.26. The van der Waals surface area contributed by atoms with E-state index in [0.29, 0.717) is 16.9 Å². The first-order valence-corrected chi connectivity index (χ1v) is 8.71. The van der Waals surface area contributed by atoms with E-state index in [-0.39, 0.29) is 0 Å². The first-order chi connectivity index (χ1) is 14.5. The first-order valence-electron chi connectivity index (χ1n) is 8.71. The molecule has 10 nitrogen and oxygen atoms in total. The minimum atomic E-state index is -0.644. The lowest BCUT2D eigenvalue weighted by atomic mass is 10.1. The molecule has 10 heteroatoms. The Morgan fingerprint density at radius 3 is 2.33 bits per heavy atom.